The molecule has 1 heterocycles. The van der Waals surface area contributed by atoms with E-state index < -0.39 is 0 Å². The maximum absolute atomic E-state index is 5.55. The Morgan fingerprint density at radius 1 is 1.16 bits per heavy atom. The molecule has 3 nitrogen and oxygen atoms in total. The smallest absolute Gasteiger partial charge is 0.119 e. The van der Waals surface area contributed by atoms with Crippen molar-refractivity contribution in [3.05, 3.63) is 52.2 Å². The highest BCUT2D eigenvalue weighted by atomic mass is 32.1. The summed E-state index contributed by atoms with van der Waals surface area (Å²) in [5.74, 6) is 0.791. The van der Waals surface area contributed by atoms with Crippen molar-refractivity contribution in [2.45, 2.75) is 6.61 Å². The quantitative estimate of drug-likeness (QED) is 0.629. The number of thiophene rings is 1. The summed E-state index contributed by atoms with van der Waals surface area (Å²) in [5.41, 5.74) is 6.37. The molecule has 0 spiro atoms. The number of hydrogen-bond acceptors (Lipinski definition) is 4. The average molecular weight is 293 g/mol. The summed E-state index contributed by atoms with van der Waals surface area (Å²) in [7, 11) is 0. The Balaban J connectivity index is 1.66. The van der Waals surface area contributed by atoms with Crippen LogP contribution >= 0.6 is 23.6 Å². The lowest BCUT2D eigenvalue weighted by Crippen LogP contribution is -2.09. The van der Waals surface area contributed by atoms with E-state index in [1.54, 1.807) is 11.3 Å². The van der Waals surface area contributed by atoms with Gasteiger partial charge in [-0.1, -0.05) is 18.3 Å². The van der Waals surface area contributed by atoms with E-state index in [9.17, 15) is 0 Å². The Kier molecular flexibility index (Phi) is 5.32. The van der Waals surface area contributed by atoms with Crippen molar-refractivity contribution in [3.8, 4) is 5.75 Å². The highest BCUT2D eigenvalue weighted by molar-refractivity contribution is 7.80. The standard InChI is InChI=1S/C14H15NO2S2/c15-14(18)11-3-5-12(6-4-11)17-8-7-16-10-13-2-1-9-19-13/h1-6,9H,7-8,10H2,(H2,15,18). The van der Waals surface area contributed by atoms with E-state index in [0.717, 1.165) is 11.3 Å². The molecule has 100 valence electrons. The molecule has 0 amide bonds. The molecule has 1 aromatic carbocycles. The van der Waals surface area contributed by atoms with Crippen LogP contribution in [0.3, 0.4) is 0 Å². The van der Waals surface area contributed by atoms with Gasteiger partial charge in [0.05, 0.1) is 13.2 Å². The van der Waals surface area contributed by atoms with Crippen LogP contribution in [0.1, 0.15) is 10.4 Å². The topological polar surface area (TPSA) is 44.5 Å². The van der Waals surface area contributed by atoms with E-state index in [1.165, 1.54) is 4.88 Å². The zero-order valence-electron chi connectivity index (χ0n) is 10.4. The fraction of sp³-hybridized carbons (Fsp3) is 0.214. The van der Waals surface area contributed by atoms with Gasteiger partial charge in [0.25, 0.3) is 0 Å². The molecule has 2 N–H and O–H groups in total. The van der Waals surface area contributed by atoms with E-state index in [0.29, 0.717) is 24.8 Å². The van der Waals surface area contributed by atoms with Gasteiger partial charge in [-0.05, 0) is 35.7 Å². The molecule has 2 aromatic rings. The van der Waals surface area contributed by atoms with Crippen LogP contribution in [0.15, 0.2) is 41.8 Å². The molecule has 5 heteroatoms. The first kappa shape index (κ1) is 14.0. The lowest BCUT2D eigenvalue weighted by atomic mass is 10.2. The summed E-state index contributed by atoms with van der Waals surface area (Å²) < 4.78 is 11.1. The van der Waals surface area contributed by atoms with E-state index in [2.05, 4.69) is 6.07 Å². The minimum atomic E-state index is 0.394. The van der Waals surface area contributed by atoms with Crippen molar-refractivity contribution in [2.75, 3.05) is 13.2 Å². The predicted octanol–water partition coefficient (Wildman–Crippen LogP) is 2.98. The van der Waals surface area contributed by atoms with Crippen LogP contribution in [0.4, 0.5) is 0 Å². The van der Waals surface area contributed by atoms with Crippen LogP contribution in [0.5, 0.6) is 5.75 Å². The summed E-state index contributed by atoms with van der Waals surface area (Å²) in [6.07, 6.45) is 0. The van der Waals surface area contributed by atoms with Crippen LogP contribution in [0.25, 0.3) is 0 Å². The maximum atomic E-state index is 5.55. The van der Waals surface area contributed by atoms with E-state index in [-0.39, 0.29) is 0 Å². The summed E-state index contributed by atoms with van der Waals surface area (Å²) in [5, 5.41) is 2.04. The Morgan fingerprint density at radius 2 is 1.95 bits per heavy atom. The van der Waals surface area contributed by atoms with Gasteiger partial charge in [0.1, 0.15) is 17.3 Å². The summed E-state index contributed by atoms with van der Waals surface area (Å²) in [6.45, 7) is 1.73. The van der Waals surface area contributed by atoms with Gasteiger partial charge >= 0.3 is 0 Å². The second-order valence-electron chi connectivity index (χ2n) is 3.87. The lowest BCUT2D eigenvalue weighted by Gasteiger charge is -2.07. The number of hydrogen-bond donors (Lipinski definition) is 1. The summed E-state index contributed by atoms with van der Waals surface area (Å²) >= 11 is 6.58. The van der Waals surface area contributed by atoms with Gasteiger partial charge in [-0.3, -0.25) is 0 Å². The van der Waals surface area contributed by atoms with Crippen LogP contribution in [0.2, 0.25) is 0 Å². The Labute approximate surface area is 122 Å². The molecule has 0 aliphatic carbocycles. The molecule has 0 atom stereocenters. The van der Waals surface area contributed by atoms with E-state index in [1.807, 2.05) is 35.7 Å². The van der Waals surface area contributed by atoms with Crippen molar-refractivity contribution >= 4 is 28.5 Å². The maximum Gasteiger partial charge on any atom is 0.119 e. The molecule has 0 aliphatic rings. The summed E-state index contributed by atoms with van der Waals surface area (Å²) in [6, 6.07) is 11.5. The van der Waals surface area contributed by atoms with Gasteiger partial charge in [-0.15, -0.1) is 11.3 Å². The zero-order chi connectivity index (χ0) is 13.5. The van der Waals surface area contributed by atoms with Crippen LogP contribution in [-0.4, -0.2) is 18.2 Å². The van der Waals surface area contributed by atoms with Crippen LogP contribution in [0, 0.1) is 0 Å². The minimum absolute atomic E-state index is 0.394. The number of benzene rings is 1. The summed E-state index contributed by atoms with van der Waals surface area (Å²) in [4.78, 5) is 1.62. The largest absolute Gasteiger partial charge is 0.491 e. The first-order chi connectivity index (χ1) is 9.25. The van der Waals surface area contributed by atoms with Gasteiger partial charge in [-0.25, -0.2) is 0 Å². The third-order valence-corrected chi connectivity index (χ3v) is 3.55. The average Bonchev–Trinajstić information content (AvgIpc) is 2.92. The molecule has 1 aromatic heterocycles. The zero-order valence-corrected chi connectivity index (χ0v) is 12.0. The number of thiocarbonyl (C=S) groups is 1. The minimum Gasteiger partial charge on any atom is -0.491 e. The van der Waals surface area contributed by atoms with E-state index >= 15 is 0 Å². The Morgan fingerprint density at radius 3 is 2.58 bits per heavy atom. The second kappa shape index (κ2) is 7.23. The molecular formula is C14H15NO2S2. The first-order valence-electron chi connectivity index (χ1n) is 5.88. The molecule has 0 fully saturated rings. The third kappa shape index (κ3) is 4.63. The van der Waals surface area contributed by atoms with E-state index in [4.69, 9.17) is 27.4 Å². The molecular weight excluding hydrogens is 278 g/mol. The van der Waals surface area contributed by atoms with Crippen LogP contribution < -0.4 is 10.5 Å². The second-order valence-corrected chi connectivity index (χ2v) is 5.34. The van der Waals surface area contributed by atoms with Crippen LogP contribution in [-0.2, 0) is 11.3 Å². The fourth-order valence-electron chi connectivity index (χ4n) is 1.50. The highest BCUT2D eigenvalue weighted by Crippen LogP contribution is 2.12. The molecule has 0 unspecified atom stereocenters. The van der Waals surface area contributed by atoms with Gasteiger partial charge in [0.15, 0.2) is 0 Å². The molecule has 0 saturated heterocycles. The number of nitrogens with two attached hydrogens (primary N) is 1. The lowest BCUT2D eigenvalue weighted by molar-refractivity contribution is 0.0905. The molecule has 0 radical (unpaired) electrons. The number of ether oxygens (including phenoxy) is 2. The van der Waals surface area contributed by atoms with Crippen molar-refractivity contribution in [1.82, 2.24) is 0 Å². The van der Waals surface area contributed by atoms with Gasteiger partial charge < -0.3 is 15.2 Å². The molecule has 0 aliphatic heterocycles. The Hall–Kier alpha value is -1.43. The SMILES string of the molecule is NC(=S)c1ccc(OCCOCc2cccs2)cc1. The normalized spacial score (nSPS) is 10.3. The molecule has 0 bridgehead atoms. The van der Waals surface area contributed by atoms with Gasteiger partial charge in [0.2, 0.25) is 0 Å². The first-order valence-corrected chi connectivity index (χ1v) is 7.17. The third-order valence-electron chi connectivity index (χ3n) is 2.46. The van der Waals surface area contributed by atoms with Gasteiger partial charge in [-0.2, -0.15) is 0 Å². The highest BCUT2D eigenvalue weighted by Gasteiger charge is 1.98. The molecule has 0 saturated carbocycles. The van der Waals surface area contributed by atoms with Gasteiger partial charge in [0, 0.05) is 10.4 Å². The molecule has 19 heavy (non-hydrogen) atoms. The fourth-order valence-corrected chi connectivity index (χ4v) is 2.28. The van der Waals surface area contributed by atoms with Crippen molar-refractivity contribution < 1.29 is 9.47 Å². The number of rotatable bonds is 7. The Bertz CT molecular complexity index is 509. The van der Waals surface area contributed by atoms with Crippen molar-refractivity contribution in [2.24, 2.45) is 5.73 Å². The monoisotopic (exact) mass is 293 g/mol. The van der Waals surface area contributed by atoms with Crippen molar-refractivity contribution in [1.29, 1.82) is 0 Å². The predicted molar refractivity (Wildman–Crippen MR) is 81.8 cm³/mol. The molecule has 2 rings (SSSR count). The van der Waals surface area contributed by atoms with Crippen molar-refractivity contribution in [3.63, 3.8) is 0 Å².